The van der Waals surface area contributed by atoms with Crippen LogP contribution in [0.1, 0.15) is 62.4 Å². The van der Waals surface area contributed by atoms with Gasteiger partial charge in [0, 0.05) is 42.9 Å². The average Bonchev–Trinajstić information content (AvgIpc) is 2.92. The van der Waals surface area contributed by atoms with Gasteiger partial charge in [0.05, 0.1) is 0 Å². The molecule has 0 saturated carbocycles. The van der Waals surface area contributed by atoms with E-state index < -0.39 is 0 Å². The SMILES string of the molecule is CC(C)(C)c1ccc(C(=O)N2C3CCC2CC(Oc2ccncc2)C3)cc1. The number of ether oxygens (including phenoxy) is 1. The molecule has 2 fully saturated rings. The van der Waals surface area contributed by atoms with Crippen LogP contribution in [-0.4, -0.2) is 34.0 Å². The molecule has 2 atom stereocenters. The Hall–Kier alpha value is -2.36. The number of pyridine rings is 1. The van der Waals surface area contributed by atoms with E-state index in [-0.39, 0.29) is 29.5 Å². The predicted molar refractivity (Wildman–Crippen MR) is 106 cm³/mol. The van der Waals surface area contributed by atoms with Gasteiger partial charge in [-0.25, -0.2) is 0 Å². The molecular formula is C23H28N2O2. The van der Waals surface area contributed by atoms with Crippen LogP contribution in [0.3, 0.4) is 0 Å². The van der Waals surface area contributed by atoms with Crippen LogP contribution in [0, 0.1) is 0 Å². The Bertz CT molecular complexity index is 781. The van der Waals surface area contributed by atoms with Crippen LogP contribution in [0.2, 0.25) is 0 Å². The average molecular weight is 364 g/mol. The molecule has 4 nitrogen and oxygen atoms in total. The zero-order valence-electron chi connectivity index (χ0n) is 16.4. The van der Waals surface area contributed by atoms with E-state index in [4.69, 9.17) is 4.74 Å². The molecule has 1 aromatic carbocycles. The first-order valence-electron chi connectivity index (χ1n) is 9.92. The van der Waals surface area contributed by atoms with Crippen molar-refractivity contribution in [3.05, 3.63) is 59.9 Å². The van der Waals surface area contributed by atoms with Gasteiger partial charge in [0.2, 0.25) is 0 Å². The first kappa shape index (κ1) is 18.0. The summed E-state index contributed by atoms with van der Waals surface area (Å²) >= 11 is 0. The molecule has 0 N–H and O–H groups in total. The number of piperidine rings is 1. The van der Waals surface area contributed by atoms with Crippen LogP contribution in [0.4, 0.5) is 0 Å². The minimum Gasteiger partial charge on any atom is -0.490 e. The van der Waals surface area contributed by atoms with E-state index >= 15 is 0 Å². The lowest BCUT2D eigenvalue weighted by atomic mass is 9.86. The summed E-state index contributed by atoms with van der Waals surface area (Å²) in [6.45, 7) is 6.58. The molecule has 0 radical (unpaired) electrons. The quantitative estimate of drug-likeness (QED) is 0.800. The zero-order valence-corrected chi connectivity index (χ0v) is 16.4. The Labute approximate surface area is 161 Å². The minimum atomic E-state index is 0.100. The van der Waals surface area contributed by atoms with Crippen LogP contribution < -0.4 is 4.74 Å². The van der Waals surface area contributed by atoms with Crippen molar-refractivity contribution in [2.75, 3.05) is 0 Å². The van der Waals surface area contributed by atoms with Crippen molar-refractivity contribution in [2.45, 2.75) is 70.1 Å². The summed E-state index contributed by atoms with van der Waals surface area (Å²) in [5, 5.41) is 0. The molecule has 1 amide bonds. The topological polar surface area (TPSA) is 42.4 Å². The number of fused-ring (bicyclic) bond motifs is 2. The summed E-state index contributed by atoms with van der Waals surface area (Å²) in [5.74, 6) is 1.04. The Morgan fingerprint density at radius 2 is 1.59 bits per heavy atom. The van der Waals surface area contributed by atoms with Crippen molar-refractivity contribution in [3.8, 4) is 5.75 Å². The number of carbonyl (C=O) groups is 1. The lowest BCUT2D eigenvalue weighted by Crippen LogP contribution is -2.49. The number of rotatable bonds is 3. The third kappa shape index (κ3) is 3.71. The standard InChI is InChI=1S/C23H28N2O2/c1-23(2,3)17-6-4-16(5-7-17)22(26)25-18-8-9-19(25)15-21(14-18)27-20-10-12-24-13-11-20/h4-7,10-13,18-19,21H,8-9,14-15H2,1-3H3. The van der Waals surface area contributed by atoms with Crippen LogP contribution in [-0.2, 0) is 5.41 Å². The summed E-state index contributed by atoms with van der Waals surface area (Å²) in [6, 6.07) is 12.5. The van der Waals surface area contributed by atoms with E-state index in [9.17, 15) is 4.79 Å². The fraction of sp³-hybridized carbons (Fsp3) is 0.478. The largest absolute Gasteiger partial charge is 0.490 e. The highest BCUT2D eigenvalue weighted by atomic mass is 16.5. The van der Waals surface area contributed by atoms with E-state index in [0.29, 0.717) is 0 Å². The van der Waals surface area contributed by atoms with E-state index in [2.05, 4.69) is 42.8 Å². The third-order valence-electron chi connectivity index (χ3n) is 5.87. The van der Waals surface area contributed by atoms with Crippen LogP contribution >= 0.6 is 0 Å². The highest BCUT2D eigenvalue weighted by Crippen LogP contribution is 2.38. The maximum Gasteiger partial charge on any atom is 0.254 e. The van der Waals surface area contributed by atoms with Gasteiger partial charge in [-0.15, -0.1) is 0 Å². The number of amides is 1. The van der Waals surface area contributed by atoms with Gasteiger partial charge in [-0.2, -0.15) is 0 Å². The van der Waals surface area contributed by atoms with Crippen molar-refractivity contribution in [1.82, 2.24) is 9.88 Å². The van der Waals surface area contributed by atoms with Crippen molar-refractivity contribution >= 4 is 5.91 Å². The first-order valence-corrected chi connectivity index (χ1v) is 9.92. The van der Waals surface area contributed by atoms with E-state index in [1.165, 1.54) is 5.56 Å². The van der Waals surface area contributed by atoms with E-state index in [1.54, 1.807) is 12.4 Å². The fourth-order valence-electron chi connectivity index (χ4n) is 4.43. The molecule has 27 heavy (non-hydrogen) atoms. The van der Waals surface area contributed by atoms with Gasteiger partial charge >= 0.3 is 0 Å². The van der Waals surface area contributed by atoms with Crippen molar-refractivity contribution in [3.63, 3.8) is 0 Å². The van der Waals surface area contributed by atoms with Crippen LogP contribution in [0.15, 0.2) is 48.8 Å². The predicted octanol–water partition coefficient (Wildman–Crippen LogP) is 4.59. The molecule has 1 aromatic heterocycles. The lowest BCUT2D eigenvalue weighted by molar-refractivity contribution is 0.0358. The van der Waals surface area contributed by atoms with Crippen molar-refractivity contribution in [1.29, 1.82) is 0 Å². The van der Waals surface area contributed by atoms with Crippen molar-refractivity contribution in [2.24, 2.45) is 0 Å². The number of hydrogen-bond donors (Lipinski definition) is 0. The second kappa shape index (κ2) is 6.99. The van der Waals surface area contributed by atoms with Gasteiger partial charge in [0.25, 0.3) is 5.91 Å². The Morgan fingerprint density at radius 3 is 2.15 bits per heavy atom. The van der Waals surface area contributed by atoms with E-state index in [1.807, 2.05) is 24.3 Å². The molecule has 3 heterocycles. The zero-order chi connectivity index (χ0) is 19.0. The molecule has 2 aromatic rings. The van der Waals surface area contributed by atoms with Crippen LogP contribution in [0.5, 0.6) is 5.75 Å². The van der Waals surface area contributed by atoms with Crippen molar-refractivity contribution < 1.29 is 9.53 Å². The Morgan fingerprint density at radius 1 is 1.00 bits per heavy atom. The summed E-state index contributed by atoms with van der Waals surface area (Å²) in [4.78, 5) is 19.3. The van der Waals surface area contributed by atoms with Crippen LogP contribution in [0.25, 0.3) is 0 Å². The molecule has 2 unspecified atom stereocenters. The monoisotopic (exact) mass is 364 g/mol. The number of nitrogens with zero attached hydrogens (tertiary/aromatic N) is 2. The molecule has 142 valence electrons. The normalized spacial score (nSPS) is 24.7. The second-order valence-electron chi connectivity index (χ2n) is 8.82. The van der Waals surface area contributed by atoms with Gasteiger partial charge in [0.15, 0.2) is 0 Å². The molecule has 0 spiro atoms. The van der Waals surface area contributed by atoms with Gasteiger partial charge < -0.3 is 9.64 Å². The Kier molecular flexibility index (Phi) is 4.67. The van der Waals surface area contributed by atoms with Gasteiger partial charge in [-0.05, 0) is 48.1 Å². The minimum absolute atomic E-state index is 0.100. The number of aromatic nitrogens is 1. The van der Waals surface area contributed by atoms with Gasteiger partial charge in [-0.3, -0.25) is 9.78 Å². The summed E-state index contributed by atoms with van der Waals surface area (Å²) in [5.41, 5.74) is 2.16. The Balaban J connectivity index is 1.45. The second-order valence-corrected chi connectivity index (χ2v) is 8.82. The highest BCUT2D eigenvalue weighted by Gasteiger charge is 2.44. The molecule has 2 aliphatic heterocycles. The molecule has 0 aliphatic carbocycles. The van der Waals surface area contributed by atoms with Gasteiger partial charge in [-0.1, -0.05) is 32.9 Å². The summed E-state index contributed by atoms with van der Waals surface area (Å²) in [7, 11) is 0. The molecule has 2 bridgehead atoms. The number of carbonyl (C=O) groups excluding carboxylic acids is 1. The number of benzene rings is 1. The maximum atomic E-state index is 13.2. The molecule has 4 rings (SSSR count). The molecule has 2 saturated heterocycles. The first-order chi connectivity index (χ1) is 12.9. The summed E-state index contributed by atoms with van der Waals surface area (Å²) in [6.07, 6.45) is 7.65. The molecular weight excluding hydrogens is 336 g/mol. The van der Waals surface area contributed by atoms with E-state index in [0.717, 1.165) is 37.0 Å². The third-order valence-corrected chi connectivity index (χ3v) is 5.87. The highest BCUT2D eigenvalue weighted by molar-refractivity contribution is 5.95. The number of hydrogen-bond acceptors (Lipinski definition) is 3. The smallest absolute Gasteiger partial charge is 0.254 e. The molecule has 2 aliphatic rings. The molecule has 4 heteroatoms. The maximum absolute atomic E-state index is 13.2. The lowest BCUT2D eigenvalue weighted by Gasteiger charge is -2.39. The summed E-state index contributed by atoms with van der Waals surface area (Å²) < 4.78 is 6.15. The van der Waals surface area contributed by atoms with Gasteiger partial charge in [0.1, 0.15) is 11.9 Å². The fourth-order valence-corrected chi connectivity index (χ4v) is 4.43.